The van der Waals surface area contributed by atoms with Gasteiger partial charge in [-0.2, -0.15) is 0 Å². The molecule has 6 heteroatoms. The summed E-state index contributed by atoms with van der Waals surface area (Å²) in [5, 5.41) is 20.5. The molecule has 2 aromatic rings. The van der Waals surface area contributed by atoms with Crippen LogP contribution in [0, 0.1) is 0 Å². The Balaban J connectivity index is 2.16. The summed E-state index contributed by atoms with van der Waals surface area (Å²) in [6, 6.07) is 9.72. The Morgan fingerprint density at radius 2 is 1.86 bits per heavy atom. The molecule has 1 amide bonds. The summed E-state index contributed by atoms with van der Waals surface area (Å²) >= 11 is 0. The van der Waals surface area contributed by atoms with Crippen LogP contribution in [0.4, 0.5) is 5.69 Å². The van der Waals surface area contributed by atoms with Gasteiger partial charge in [-0.1, -0.05) is 12.1 Å². The number of carbonyl (C=O) groups excluding carboxylic acids is 1. The molecule has 1 aromatic carbocycles. The number of benzene rings is 1. The van der Waals surface area contributed by atoms with Crippen LogP contribution < -0.4 is 5.32 Å². The number of amides is 1. The number of aliphatic hydroxyl groups excluding tert-OH is 1. The minimum absolute atomic E-state index is 0.0572. The zero-order chi connectivity index (χ0) is 15.2. The molecule has 0 aliphatic carbocycles. The number of pyridine rings is 1. The molecule has 0 spiro atoms. The van der Waals surface area contributed by atoms with Gasteiger partial charge in [0, 0.05) is 18.5 Å². The van der Waals surface area contributed by atoms with E-state index in [1.807, 2.05) is 0 Å². The molecule has 0 saturated heterocycles. The molecular weight excluding hydrogens is 272 g/mol. The zero-order valence-electron chi connectivity index (χ0n) is 11.1. The Bertz CT molecular complexity index is 653. The van der Waals surface area contributed by atoms with E-state index >= 15 is 0 Å². The molecule has 0 saturated carbocycles. The van der Waals surface area contributed by atoms with Crippen molar-refractivity contribution in [2.75, 3.05) is 11.9 Å². The minimum atomic E-state index is -1.20. The predicted molar refractivity (Wildman–Crippen MR) is 76.4 cm³/mol. The van der Waals surface area contributed by atoms with Crippen molar-refractivity contribution in [1.29, 1.82) is 0 Å². The number of anilines is 1. The Hall–Kier alpha value is -2.73. The van der Waals surface area contributed by atoms with Crippen LogP contribution in [0.3, 0.4) is 0 Å². The number of aliphatic hydroxyl groups is 1. The van der Waals surface area contributed by atoms with E-state index in [-0.39, 0.29) is 17.9 Å². The van der Waals surface area contributed by atoms with Gasteiger partial charge < -0.3 is 15.5 Å². The first kappa shape index (κ1) is 14.7. The van der Waals surface area contributed by atoms with Crippen LogP contribution in [0.5, 0.6) is 0 Å². The first-order valence-electron chi connectivity index (χ1n) is 6.31. The maximum atomic E-state index is 12.1. The zero-order valence-corrected chi connectivity index (χ0v) is 11.1. The molecule has 1 aromatic heterocycles. The van der Waals surface area contributed by atoms with E-state index in [9.17, 15) is 9.59 Å². The number of hydrogen-bond donors (Lipinski definition) is 3. The number of carboxylic acids is 1. The molecular formula is C15H14N2O4. The van der Waals surface area contributed by atoms with E-state index < -0.39 is 11.9 Å². The molecule has 2 rings (SSSR count). The van der Waals surface area contributed by atoms with Gasteiger partial charge in [0.25, 0.3) is 5.91 Å². The molecule has 1 heterocycles. The van der Waals surface area contributed by atoms with E-state index in [1.54, 1.807) is 24.3 Å². The molecule has 108 valence electrons. The third kappa shape index (κ3) is 3.64. The summed E-state index contributed by atoms with van der Waals surface area (Å²) in [6.45, 7) is 0.0572. The smallest absolute Gasteiger partial charge is 0.338 e. The van der Waals surface area contributed by atoms with Crippen molar-refractivity contribution >= 4 is 17.6 Å². The lowest BCUT2D eigenvalue weighted by atomic mass is 10.1. The summed E-state index contributed by atoms with van der Waals surface area (Å²) in [6.07, 6.45) is 1.91. The molecule has 0 unspecified atom stereocenters. The van der Waals surface area contributed by atoms with Crippen LogP contribution in [0.1, 0.15) is 26.4 Å². The molecule has 0 aliphatic heterocycles. The average Bonchev–Trinajstić information content (AvgIpc) is 2.49. The van der Waals surface area contributed by atoms with Crippen LogP contribution in [0.15, 0.2) is 42.6 Å². The van der Waals surface area contributed by atoms with E-state index in [1.165, 1.54) is 18.3 Å². The van der Waals surface area contributed by atoms with E-state index in [2.05, 4.69) is 10.3 Å². The van der Waals surface area contributed by atoms with Crippen molar-refractivity contribution in [2.24, 2.45) is 0 Å². The molecule has 0 fully saturated rings. The first-order valence-corrected chi connectivity index (χ1v) is 6.31. The molecule has 0 bridgehead atoms. The largest absolute Gasteiger partial charge is 0.478 e. The molecule has 0 atom stereocenters. The second kappa shape index (κ2) is 6.62. The topological polar surface area (TPSA) is 99.5 Å². The number of aromatic carboxylic acids is 1. The van der Waals surface area contributed by atoms with E-state index in [0.717, 1.165) is 5.56 Å². The van der Waals surface area contributed by atoms with Gasteiger partial charge in [-0.05, 0) is 36.2 Å². The number of carbonyl (C=O) groups is 2. The molecule has 0 aliphatic rings. The lowest BCUT2D eigenvalue weighted by Crippen LogP contribution is -2.18. The van der Waals surface area contributed by atoms with E-state index in [0.29, 0.717) is 12.1 Å². The third-order valence-corrected chi connectivity index (χ3v) is 2.87. The second-order valence-corrected chi connectivity index (χ2v) is 4.33. The van der Waals surface area contributed by atoms with Gasteiger partial charge in [0.2, 0.25) is 0 Å². The monoisotopic (exact) mass is 286 g/mol. The fourth-order valence-electron chi connectivity index (χ4n) is 1.83. The highest BCUT2D eigenvalue weighted by Crippen LogP contribution is 2.13. The lowest BCUT2D eigenvalue weighted by molar-refractivity contribution is 0.0691. The minimum Gasteiger partial charge on any atom is -0.478 e. The van der Waals surface area contributed by atoms with Gasteiger partial charge in [0.1, 0.15) is 5.69 Å². The molecule has 0 radical (unpaired) electrons. The maximum absolute atomic E-state index is 12.1. The van der Waals surface area contributed by atoms with E-state index in [4.69, 9.17) is 10.2 Å². The Morgan fingerprint density at radius 3 is 2.48 bits per heavy atom. The summed E-state index contributed by atoms with van der Waals surface area (Å²) in [5.41, 5.74) is 1.19. The average molecular weight is 286 g/mol. The van der Waals surface area contributed by atoms with Crippen LogP contribution in [0.2, 0.25) is 0 Å². The fourth-order valence-corrected chi connectivity index (χ4v) is 1.83. The van der Waals surface area contributed by atoms with Crippen LogP contribution in [0.25, 0.3) is 0 Å². The lowest BCUT2D eigenvalue weighted by Gasteiger charge is -2.07. The van der Waals surface area contributed by atoms with Crippen molar-refractivity contribution in [3.63, 3.8) is 0 Å². The van der Waals surface area contributed by atoms with Gasteiger partial charge in [0.05, 0.1) is 5.56 Å². The Kier molecular flexibility index (Phi) is 4.63. The highest BCUT2D eigenvalue weighted by Gasteiger charge is 2.17. The van der Waals surface area contributed by atoms with Gasteiger partial charge in [-0.15, -0.1) is 0 Å². The van der Waals surface area contributed by atoms with Gasteiger partial charge in [0.15, 0.2) is 0 Å². The number of hydrogen-bond acceptors (Lipinski definition) is 4. The third-order valence-electron chi connectivity index (χ3n) is 2.87. The Labute approximate surface area is 121 Å². The van der Waals surface area contributed by atoms with Crippen molar-refractivity contribution in [3.8, 4) is 0 Å². The van der Waals surface area contributed by atoms with Crippen molar-refractivity contribution in [3.05, 3.63) is 59.4 Å². The normalized spacial score (nSPS) is 10.1. The molecule has 21 heavy (non-hydrogen) atoms. The Morgan fingerprint density at radius 1 is 1.14 bits per heavy atom. The van der Waals surface area contributed by atoms with Gasteiger partial charge >= 0.3 is 5.97 Å². The number of nitrogens with zero attached hydrogens (tertiary/aromatic N) is 1. The number of aromatic nitrogens is 1. The number of carboxylic acid groups (broad SMARTS) is 1. The van der Waals surface area contributed by atoms with Crippen molar-refractivity contribution < 1.29 is 19.8 Å². The van der Waals surface area contributed by atoms with Crippen LogP contribution in [-0.4, -0.2) is 33.7 Å². The van der Waals surface area contributed by atoms with Crippen molar-refractivity contribution in [2.45, 2.75) is 6.42 Å². The standard InChI is InChI=1S/C15H14N2O4/c18-9-7-10-3-5-11(6-4-10)17-14(19)13-12(15(20)21)2-1-8-16-13/h1-6,8,18H,7,9H2,(H,17,19)(H,20,21). The summed E-state index contributed by atoms with van der Waals surface area (Å²) in [5.74, 6) is -1.78. The predicted octanol–water partition coefficient (Wildman–Crippen LogP) is 1.57. The molecule has 6 nitrogen and oxygen atoms in total. The SMILES string of the molecule is O=C(O)c1cccnc1C(=O)Nc1ccc(CCO)cc1. The number of rotatable bonds is 5. The summed E-state index contributed by atoms with van der Waals surface area (Å²) in [4.78, 5) is 26.9. The van der Waals surface area contributed by atoms with Crippen LogP contribution in [-0.2, 0) is 6.42 Å². The van der Waals surface area contributed by atoms with Gasteiger partial charge in [-0.25, -0.2) is 4.79 Å². The maximum Gasteiger partial charge on any atom is 0.338 e. The second-order valence-electron chi connectivity index (χ2n) is 4.33. The number of nitrogens with one attached hydrogen (secondary N) is 1. The highest BCUT2D eigenvalue weighted by molar-refractivity contribution is 6.09. The first-order chi connectivity index (χ1) is 10.1. The van der Waals surface area contributed by atoms with Gasteiger partial charge in [-0.3, -0.25) is 9.78 Å². The summed E-state index contributed by atoms with van der Waals surface area (Å²) in [7, 11) is 0. The summed E-state index contributed by atoms with van der Waals surface area (Å²) < 4.78 is 0. The van der Waals surface area contributed by atoms with Crippen molar-refractivity contribution in [1.82, 2.24) is 4.98 Å². The van der Waals surface area contributed by atoms with Crippen LogP contribution >= 0.6 is 0 Å². The quantitative estimate of drug-likeness (QED) is 0.774. The fraction of sp³-hybridized carbons (Fsp3) is 0.133. The molecule has 3 N–H and O–H groups in total. The highest BCUT2D eigenvalue weighted by atomic mass is 16.4.